The molecule has 0 saturated heterocycles. The van der Waals surface area contributed by atoms with Crippen LogP contribution in [0, 0.1) is 11.3 Å². The molecule has 92 valence electrons. The van der Waals surface area contributed by atoms with Crippen molar-refractivity contribution < 1.29 is 10.2 Å². The first kappa shape index (κ1) is 13.7. The monoisotopic (exact) mass is 242 g/mol. The molecule has 0 aliphatic heterocycles. The number of aryl methyl sites for hydroxylation is 1. The molecule has 2 N–H and O–H groups in total. The van der Waals surface area contributed by atoms with E-state index in [1.807, 2.05) is 6.07 Å². The minimum absolute atomic E-state index is 0.0764. The molecule has 0 bridgehead atoms. The lowest BCUT2D eigenvalue weighted by atomic mass is 9.77. The molecule has 0 aliphatic carbocycles. The second-order valence-corrected chi connectivity index (χ2v) is 6.03. The Morgan fingerprint density at radius 3 is 2.44 bits per heavy atom. The molecule has 0 aromatic carbocycles. The predicted octanol–water partition coefficient (Wildman–Crippen LogP) is 2.70. The first-order chi connectivity index (χ1) is 7.62. The maximum absolute atomic E-state index is 9.50. The molecule has 0 atom stereocenters. The maximum Gasteiger partial charge on any atom is 0.0509 e. The summed E-state index contributed by atoms with van der Waals surface area (Å²) in [5.41, 5.74) is -0.307. The molecule has 0 aliphatic rings. The van der Waals surface area contributed by atoms with Crippen molar-refractivity contribution in [2.24, 2.45) is 11.3 Å². The first-order valence-corrected chi connectivity index (χ1v) is 6.74. The zero-order valence-electron chi connectivity index (χ0n) is 10.1. The summed E-state index contributed by atoms with van der Waals surface area (Å²) in [7, 11) is 0. The van der Waals surface area contributed by atoms with Crippen molar-refractivity contribution in [2.75, 3.05) is 13.2 Å². The highest BCUT2D eigenvalue weighted by atomic mass is 32.1. The van der Waals surface area contributed by atoms with Crippen LogP contribution in [0.3, 0.4) is 0 Å². The van der Waals surface area contributed by atoms with Crippen LogP contribution in [-0.4, -0.2) is 23.4 Å². The smallest absolute Gasteiger partial charge is 0.0509 e. The zero-order chi connectivity index (χ0) is 12.0. The molecule has 1 rings (SSSR count). The van der Waals surface area contributed by atoms with E-state index in [1.165, 1.54) is 4.88 Å². The van der Waals surface area contributed by atoms with Gasteiger partial charge in [-0.25, -0.2) is 0 Å². The molecule has 0 unspecified atom stereocenters. The molecule has 2 nitrogen and oxygen atoms in total. The summed E-state index contributed by atoms with van der Waals surface area (Å²) in [4.78, 5) is 1.33. The molecule has 0 saturated carbocycles. The summed E-state index contributed by atoms with van der Waals surface area (Å²) in [6.45, 7) is 4.41. The third kappa shape index (κ3) is 3.89. The minimum atomic E-state index is -0.307. The third-order valence-corrected chi connectivity index (χ3v) is 3.93. The molecule has 1 aromatic rings. The van der Waals surface area contributed by atoms with Crippen molar-refractivity contribution in [2.45, 2.75) is 33.1 Å². The van der Waals surface area contributed by atoms with Gasteiger partial charge in [0.05, 0.1) is 13.2 Å². The van der Waals surface area contributed by atoms with Crippen molar-refractivity contribution in [1.82, 2.24) is 0 Å². The van der Waals surface area contributed by atoms with E-state index < -0.39 is 0 Å². The highest BCUT2D eigenvalue weighted by molar-refractivity contribution is 7.09. The molecule has 3 heteroatoms. The fourth-order valence-corrected chi connectivity index (χ4v) is 2.86. The van der Waals surface area contributed by atoms with Crippen molar-refractivity contribution in [3.8, 4) is 0 Å². The number of aliphatic hydroxyl groups is 2. The summed E-state index contributed by atoms with van der Waals surface area (Å²) in [5.74, 6) is 0.502. The van der Waals surface area contributed by atoms with Gasteiger partial charge in [-0.3, -0.25) is 0 Å². The Morgan fingerprint density at radius 1 is 1.31 bits per heavy atom. The van der Waals surface area contributed by atoms with Crippen LogP contribution in [0.5, 0.6) is 0 Å². The summed E-state index contributed by atoms with van der Waals surface area (Å²) in [5, 5.41) is 21.1. The lowest BCUT2D eigenvalue weighted by Gasteiger charge is -2.31. The van der Waals surface area contributed by atoms with Crippen LogP contribution < -0.4 is 0 Å². The molecular weight excluding hydrogens is 220 g/mol. The van der Waals surface area contributed by atoms with Gasteiger partial charge in [-0.2, -0.15) is 0 Å². The Morgan fingerprint density at radius 2 is 2.00 bits per heavy atom. The molecule has 0 amide bonds. The fraction of sp³-hybridized carbons (Fsp3) is 0.692. The summed E-state index contributed by atoms with van der Waals surface area (Å²) in [6, 6.07) is 4.15. The van der Waals surface area contributed by atoms with Crippen LogP contribution in [-0.2, 0) is 6.42 Å². The van der Waals surface area contributed by atoms with E-state index in [0.717, 1.165) is 19.3 Å². The van der Waals surface area contributed by atoms with E-state index in [-0.39, 0.29) is 18.6 Å². The quantitative estimate of drug-likeness (QED) is 0.772. The van der Waals surface area contributed by atoms with Crippen LogP contribution in [0.15, 0.2) is 17.5 Å². The van der Waals surface area contributed by atoms with E-state index >= 15 is 0 Å². The van der Waals surface area contributed by atoms with Crippen molar-refractivity contribution in [3.05, 3.63) is 22.4 Å². The van der Waals surface area contributed by atoms with Crippen molar-refractivity contribution in [1.29, 1.82) is 0 Å². The van der Waals surface area contributed by atoms with Gasteiger partial charge in [-0.15, -0.1) is 11.3 Å². The predicted molar refractivity (Wildman–Crippen MR) is 68.7 cm³/mol. The van der Waals surface area contributed by atoms with Gasteiger partial charge in [0, 0.05) is 10.3 Å². The SMILES string of the molecule is CC(C)CC(CO)(CO)CCc1cccs1. The molecule has 16 heavy (non-hydrogen) atoms. The van der Waals surface area contributed by atoms with Crippen LogP contribution in [0.1, 0.15) is 31.6 Å². The Hall–Kier alpha value is -0.380. The Kier molecular flexibility index (Phi) is 5.46. The van der Waals surface area contributed by atoms with Crippen LogP contribution in [0.4, 0.5) is 0 Å². The van der Waals surface area contributed by atoms with Gasteiger partial charge in [0.25, 0.3) is 0 Å². The molecule has 0 spiro atoms. The Labute approximate surface area is 102 Å². The third-order valence-electron chi connectivity index (χ3n) is 2.99. The van der Waals surface area contributed by atoms with Gasteiger partial charge >= 0.3 is 0 Å². The maximum atomic E-state index is 9.50. The van der Waals surface area contributed by atoms with Crippen molar-refractivity contribution in [3.63, 3.8) is 0 Å². The molecule has 0 fully saturated rings. The summed E-state index contributed by atoms with van der Waals surface area (Å²) in [6.07, 6.45) is 2.69. The van der Waals surface area contributed by atoms with Gasteiger partial charge in [-0.05, 0) is 36.6 Å². The van der Waals surface area contributed by atoms with E-state index in [0.29, 0.717) is 5.92 Å². The van der Waals surface area contributed by atoms with Gasteiger partial charge in [0.2, 0.25) is 0 Å². The standard InChI is InChI=1S/C13H22O2S/c1-11(2)8-13(9-14,10-15)6-5-12-4-3-7-16-12/h3-4,7,11,14-15H,5-6,8-10H2,1-2H3. The number of hydrogen-bond donors (Lipinski definition) is 2. The van der Waals surface area contributed by atoms with Crippen LogP contribution in [0.2, 0.25) is 0 Å². The number of thiophene rings is 1. The van der Waals surface area contributed by atoms with Crippen LogP contribution in [0.25, 0.3) is 0 Å². The number of rotatable bonds is 7. The average molecular weight is 242 g/mol. The highest BCUT2D eigenvalue weighted by Gasteiger charge is 2.29. The Bertz CT molecular complexity index is 276. The largest absolute Gasteiger partial charge is 0.396 e. The van der Waals surface area contributed by atoms with Gasteiger partial charge in [-0.1, -0.05) is 19.9 Å². The van der Waals surface area contributed by atoms with Crippen LogP contribution >= 0.6 is 11.3 Å². The highest BCUT2D eigenvalue weighted by Crippen LogP contribution is 2.31. The van der Waals surface area contributed by atoms with E-state index in [2.05, 4.69) is 25.3 Å². The molecular formula is C13H22O2S. The first-order valence-electron chi connectivity index (χ1n) is 5.86. The zero-order valence-corrected chi connectivity index (χ0v) is 11.0. The number of aliphatic hydroxyl groups excluding tert-OH is 2. The van der Waals surface area contributed by atoms with Gasteiger partial charge in [0.1, 0.15) is 0 Å². The summed E-state index contributed by atoms with van der Waals surface area (Å²) >= 11 is 1.74. The Balaban J connectivity index is 2.56. The van der Waals surface area contributed by atoms with E-state index in [9.17, 15) is 10.2 Å². The average Bonchev–Trinajstić information content (AvgIpc) is 2.77. The second kappa shape index (κ2) is 6.38. The molecule has 1 heterocycles. The molecule has 0 radical (unpaired) electrons. The number of hydrogen-bond acceptors (Lipinski definition) is 3. The fourth-order valence-electron chi connectivity index (χ4n) is 2.15. The second-order valence-electron chi connectivity index (χ2n) is 4.99. The summed E-state index contributed by atoms with van der Waals surface area (Å²) < 4.78 is 0. The lowest BCUT2D eigenvalue weighted by molar-refractivity contribution is 0.0300. The van der Waals surface area contributed by atoms with E-state index in [1.54, 1.807) is 11.3 Å². The van der Waals surface area contributed by atoms with E-state index in [4.69, 9.17) is 0 Å². The minimum Gasteiger partial charge on any atom is -0.396 e. The van der Waals surface area contributed by atoms with Gasteiger partial charge < -0.3 is 10.2 Å². The lowest BCUT2D eigenvalue weighted by Crippen LogP contribution is -2.32. The normalized spacial score (nSPS) is 12.3. The van der Waals surface area contributed by atoms with Crippen molar-refractivity contribution >= 4 is 11.3 Å². The van der Waals surface area contributed by atoms with Gasteiger partial charge in [0.15, 0.2) is 0 Å². The molecule has 1 aromatic heterocycles. The topological polar surface area (TPSA) is 40.5 Å².